The van der Waals surface area contributed by atoms with Gasteiger partial charge in [-0.1, -0.05) is 0 Å². The fourth-order valence-corrected chi connectivity index (χ4v) is 0. The Bertz CT molecular complexity index is 6.00. The van der Waals surface area contributed by atoms with Crippen LogP contribution in [0.15, 0.2) is 0 Å². The van der Waals surface area contributed by atoms with Gasteiger partial charge in [0, 0.05) is 0 Å². The van der Waals surface area contributed by atoms with E-state index in [-0.39, 0.29) is 6.15 Å². The Kier molecular flexibility index (Phi) is 21.1. The molecule has 0 aliphatic rings. The van der Waals surface area contributed by atoms with Gasteiger partial charge in [-0.05, 0) is 0 Å². The first kappa shape index (κ1) is 9.44. The van der Waals surface area contributed by atoms with Crippen molar-refractivity contribution in [3.8, 4) is 0 Å². The number of nitrogens with two attached hydrogens (primary N) is 1. The smallest absolute Gasteiger partial charge is 0.693 e. The van der Waals surface area contributed by atoms with E-state index in [1.165, 1.54) is 0 Å². The summed E-state index contributed by atoms with van der Waals surface area (Å²) in [5.74, 6) is 0. The maximum Gasteiger partial charge on any atom is -0.693 e. The van der Waals surface area contributed by atoms with E-state index in [0.717, 1.165) is 0 Å². The number of halogens is 2. The molecule has 32 valence electrons. The average Bonchev–Trinajstić information content (AvgIpc) is 0.918. The first-order chi connectivity index (χ1) is 1.41. The van der Waals surface area contributed by atoms with Gasteiger partial charge in [0.25, 0.3) is 0 Å². The summed E-state index contributed by atoms with van der Waals surface area (Å²) >= 11 is 5.30. The van der Waals surface area contributed by atoms with Crippen molar-refractivity contribution in [1.82, 2.24) is 0 Å². The molecular weight excluding hydrogens is 463 g/mol. The van der Waals surface area contributed by atoms with Gasteiger partial charge in [-0.2, -0.15) is 0 Å². The van der Waals surface area contributed by atoms with Gasteiger partial charge < -0.3 is 6.15 Å². The predicted molar refractivity (Wildman–Crippen MR) is 33.3 cm³/mol. The molecule has 0 aromatic rings. The summed E-state index contributed by atoms with van der Waals surface area (Å²) < 4.78 is 0. The normalized spacial score (nSPS) is 5.50. The molecule has 0 radical (unpaired) electrons. The fraction of sp³-hybridized carbons (Fsp3) is 0. The minimum atomic E-state index is 0. The SMILES string of the molecule is [I][Pt][I].[NH2-]. The second-order valence-corrected chi connectivity index (χ2v) is 16.6. The summed E-state index contributed by atoms with van der Waals surface area (Å²) in [6, 6.07) is 0. The Morgan fingerprint density at radius 3 is 1.25 bits per heavy atom. The first-order valence-electron chi connectivity index (χ1n) is 0.239. The number of rotatable bonds is 0. The maximum atomic E-state index is 2.39. The van der Waals surface area contributed by atoms with Gasteiger partial charge in [-0.3, -0.25) is 0 Å². The zero-order valence-corrected chi connectivity index (χ0v) is 8.24. The average molecular weight is 465 g/mol. The van der Waals surface area contributed by atoms with Gasteiger partial charge in [0.1, 0.15) is 0 Å². The predicted octanol–water partition coefficient (Wildman–Crippen LogP) is 2.49. The summed E-state index contributed by atoms with van der Waals surface area (Å²) in [6.45, 7) is 0. The largest absolute Gasteiger partial charge is 0.693 e. The third-order valence-electron chi connectivity index (χ3n) is 0. The second-order valence-electron chi connectivity index (χ2n) is 0.0452. The Labute approximate surface area is 55.1 Å². The third kappa shape index (κ3) is 8.93. The Morgan fingerprint density at radius 2 is 1.25 bits per heavy atom. The molecule has 4 heavy (non-hydrogen) atoms. The molecule has 1 nitrogen and oxygen atoms in total. The van der Waals surface area contributed by atoms with E-state index in [9.17, 15) is 0 Å². The molecule has 0 saturated carbocycles. The van der Waals surface area contributed by atoms with Gasteiger partial charge in [0.05, 0.1) is 0 Å². The molecule has 0 aromatic carbocycles. The summed E-state index contributed by atoms with van der Waals surface area (Å²) in [5, 5.41) is 0. The number of hydrogen-bond acceptors (Lipinski definition) is 0. The van der Waals surface area contributed by atoms with Crippen molar-refractivity contribution in [2.45, 2.75) is 0 Å². The van der Waals surface area contributed by atoms with Crippen LogP contribution in [0.1, 0.15) is 0 Å². The summed E-state index contributed by atoms with van der Waals surface area (Å²) in [6.07, 6.45) is 0. The molecule has 0 aromatic heterocycles. The molecule has 0 fully saturated rings. The van der Waals surface area contributed by atoms with Crippen LogP contribution in [0.5, 0.6) is 0 Å². The van der Waals surface area contributed by atoms with Crippen molar-refractivity contribution in [3.05, 3.63) is 6.15 Å². The molecular formula is H2I2NPt-. The van der Waals surface area contributed by atoms with Crippen molar-refractivity contribution in [2.24, 2.45) is 0 Å². The van der Waals surface area contributed by atoms with Gasteiger partial charge >= 0.3 is 49.9 Å². The summed E-state index contributed by atoms with van der Waals surface area (Å²) in [4.78, 5) is 0. The van der Waals surface area contributed by atoms with Gasteiger partial charge in [0.2, 0.25) is 0 Å². The van der Waals surface area contributed by atoms with Crippen LogP contribution < -0.4 is 0 Å². The Balaban J connectivity index is 0. The van der Waals surface area contributed by atoms with Crippen molar-refractivity contribution >= 4 is 38.7 Å². The van der Waals surface area contributed by atoms with Gasteiger partial charge in [-0.25, -0.2) is 0 Å². The molecule has 0 atom stereocenters. The minimum absolute atomic E-state index is 0. The van der Waals surface area contributed by atoms with E-state index in [1.807, 2.05) is 0 Å². The van der Waals surface area contributed by atoms with Crippen molar-refractivity contribution < 1.29 is 11.2 Å². The van der Waals surface area contributed by atoms with E-state index < -0.39 is 0 Å². The minimum Gasteiger partial charge on any atom is -0.693 e. The topological polar surface area (TPSA) is 33.5 Å². The molecule has 0 unspecified atom stereocenters. The second kappa shape index (κ2) is 8.92. The molecule has 0 bridgehead atoms. The Hall–Kier alpha value is 2.11. The molecule has 0 aliphatic heterocycles. The molecule has 0 rings (SSSR count). The monoisotopic (exact) mass is 465 g/mol. The first-order valence-corrected chi connectivity index (χ1v) is 13.1. The van der Waals surface area contributed by atoms with E-state index in [1.54, 1.807) is 0 Å². The molecule has 0 saturated heterocycles. The van der Waals surface area contributed by atoms with E-state index >= 15 is 0 Å². The molecule has 0 spiro atoms. The molecule has 0 heterocycles. The molecule has 0 amide bonds. The van der Waals surface area contributed by atoms with Crippen LogP contribution in [-0.4, -0.2) is 0 Å². The number of hydrogen-bond donors (Lipinski definition) is 0. The van der Waals surface area contributed by atoms with Crippen LogP contribution in [0, 0.1) is 0 Å². The quantitative estimate of drug-likeness (QED) is 0.494. The van der Waals surface area contributed by atoms with Crippen molar-refractivity contribution in [2.75, 3.05) is 0 Å². The summed E-state index contributed by atoms with van der Waals surface area (Å²) in [7, 11) is 0. The van der Waals surface area contributed by atoms with Crippen LogP contribution in [0.2, 0.25) is 0 Å². The third-order valence-corrected chi connectivity index (χ3v) is 0. The van der Waals surface area contributed by atoms with E-state index in [2.05, 4.69) is 38.7 Å². The molecule has 0 aliphatic carbocycles. The standard InChI is InChI=1S/2HI.H2N.Pt/h2*1H;1H2;/q;;-1;+2/p-2. The van der Waals surface area contributed by atoms with Crippen LogP contribution in [0.4, 0.5) is 0 Å². The molecule has 4 heteroatoms. The molecule has 2 N–H and O–H groups in total. The Morgan fingerprint density at radius 1 is 1.25 bits per heavy atom. The van der Waals surface area contributed by atoms with Gasteiger partial charge in [0.15, 0.2) is 0 Å². The van der Waals surface area contributed by atoms with E-state index in [0.29, 0.717) is 11.2 Å². The zero-order chi connectivity index (χ0) is 2.71. The van der Waals surface area contributed by atoms with Crippen LogP contribution in [-0.2, 0) is 11.2 Å². The van der Waals surface area contributed by atoms with Crippen molar-refractivity contribution in [1.29, 1.82) is 0 Å². The van der Waals surface area contributed by atoms with Gasteiger partial charge in [-0.15, -0.1) is 0 Å². The van der Waals surface area contributed by atoms with Crippen LogP contribution >= 0.6 is 38.7 Å². The van der Waals surface area contributed by atoms with E-state index in [4.69, 9.17) is 0 Å². The zero-order valence-electron chi connectivity index (χ0n) is 1.65. The maximum absolute atomic E-state index is 2.39. The summed E-state index contributed by atoms with van der Waals surface area (Å²) in [5.41, 5.74) is 0. The fourth-order valence-electron chi connectivity index (χ4n) is 0. The van der Waals surface area contributed by atoms with Crippen molar-refractivity contribution in [3.63, 3.8) is 0 Å². The van der Waals surface area contributed by atoms with Crippen LogP contribution in [0.3, 0.4) is 0 Å². The van der Waals surface area contributed by atoms with Crippen LogP contribution in [0.25, 0.3) is 6.15 Å².